The van der Waals surface area contributed by atoms with Crippen LogP contribution in [0.25, 0.3) is 0 Å². The number of ether oxygens (including phenoxy) is 1. The van der Waals surface area contributed by atoms with E-state index in [4.69, 9.17) is 33.7 Å². The second kappa shape index (κ2) is 7.99. The zero-order valence-electron chi connectivity index (χ0n) is 13.2. The van der Waals surface area contributed by atoms with Crippen LogP contribution in [0.5, 0.6) is 0 Å². The van der Waals surface area contributed by atoms with Gasteiger partial charge in [0.05, 0.1) is 12.2 Å². The second-order valence-electron chi connectivity index (χ2n) is 6.32. The van der Waals surface area contributed by atoms with Gasteiger partial charge in [0.25, 0.3) is 0 Å². The molecule has 0 bridgehead atoms. The van der Waals surface area contributed by atoms with Gasteiger partial charge in [-0.25, -0.2) is 10.9 Å². The molecule has 3 unspecified atom stereocenters. The van der Waals surface area contributed by atoms with Gasteiger partial charge in [0.15, 0.2) is 0 Å². The number of hydrazine groups is 1. The molecule has 2 heterocycles. The summed E-state index contributed by atoms with van der Waals surface area (Å²) in [5, 5.41) is 4.14. The molecule has 1 aromatic rings. The third-order valence-corrected chi connectivity index (χ3v) is 5.02. The number of benzene rings is 1. The van der Waals surface area contributed by atoms with Crippen LogP contribution in [0.4, 0.5) is 0 Å². The van der Waals surface area contributed by atoms with Gasteiger partial charge in [0, 0.05) is 35.7 Å². The Bertz CT molecular complexity index is 575. The fraction of sp³-hybridized carbons (Fsp3) is 0.562. The zero-order valence-corrected chi connectivity index (χ0v) is 14.7. The topological polar surface area (TPSA) is 88.4 Å². The Morgan fingerprint density at radius 3 is 2.54 bits per heavy atom. The molecule has 6 nitrogen and oxygen atoms in total. The van der Waals surface area contributed by atoms with Gasteiger partial charge in [0.1, 0.15) is 0 Å². The van der Waals surface area contributed by atoms with E-state index >= 15 is 0 Å². The number of hydrogen-bond acceptors (Lipinski definition) is 5. The van der Waals surface area contributed by atoms with Gasteiger partial charge >= 0.3 is 0 Å². The van der Waals surface area contributed by atoms with Crippen molar-refractivity contribution in [2.45, 2.75) is 37.5 Å². The standard InChI is InChI=1S/C16H22Cl2N4O2/c17-11-5-10(6-12(18)7-11)13-8-14(22-21-13)20-16(23)15(19)9-1-3-24-4-2-9/h5-7,9,13-15,21-22H,1-4,8,19H2,(H,20,23). The van der Waals surface area contributed by atoms with Crippen LogP contribution in [-0.2, 0) is 9.53 Å². The SMILES string of the molecule is NC(C(=O)NC1CC(c2cc(Cl)cc(Cl)c2)NN1)C1CCOCC1. The van der Waals surface area contributed by atoms with Crippen LogP contribution in [0.3, 0.4) is 0 Å². The highest BCUT2D eigenvalue weighted by Gasteiger charge is 2.31. The summed E-state index contributed by atoms with van der Waals surface area (Å²) >= 11 is 12.1. The lowest BCUT2D eigenvalue weighted by Crippen LogP contribution is -2.53. The Hall–Kier alpha value is -0.890. The molecule has 2 saturated heterocycles. The molecular formula is C16H22Cl2N4O2. The molecule has 0 saturated carbocycles. The van der Waals surface area contributed by atoms with Gasteiger partial charge in [-0.1, -0.05) is 23.2 Å². The lowest BCUT2D eigenvalue weighted by Gasteiger charge is -2.27. The number of halogens is 2. The minimum Gasteiger partial charge on any atom is -0.381 e. The number of carbonyl (C=O) groups is 1. The first-order valence-corrected chi connectivity index (χ1v) is 8.89. The maximum Gasteiger partial charge on any atom is 0.238 e. The first-order valence-electron chi connectivity index (χ1n) is 8.13. The lowest BCUT2D eigenvalue weighted by atomic mass is 9.92. The molecule has 3 rings (SSSR count). The highest BCUT2D eigenvalue weighted by molar-refractivity contribution is 6.34. The van der Waals surface area contributed by atoms with Crippen molar-refractivity contribution in [2.24, 2.45) is 11.7 Å². The van der Waals surface area contributed by atoms with E-state index in [0.29, 0.717) is 29.7 Å². The monoisotopic (exact) mass is 372 g/mol. The maximum atomic E-state index is 12.4. The van der Waals surface area contributed by atoms with E-state index in [9.17, 15) is 4.79 Å². The summed E-state index contributed by atoms with van der Waals surface area (Å²) in [7, 11) is 0. The van der Waals surface area contributed by atoms with Gasteiger partial charge in [0.2, 0.25) is 5.91 Å². The van der Waals surface area contributed by atoms with Gasteiger partial charge < -0.3 is 15.8 Å². The van der Waals surface area contributed by atoms with Gasteiger partial charge in [-0.2, -0.15) is 0 Å². The highest BCUT2D eigenvalue weighted by atomic mass is 35.5. The predicted molar refractivity (Wildman–Crippen MR) is 93.5 cm³/mol. The van der Waals surface area contributed by atoms with Crippen molar-refractivity contribution < 1.29 is 9.53 Å². The number of nitrogens with one attached hydrogen (secondary N) is 3. The molecular weight excluding hydrogens is 351 g/mol. The average molecular weight is 373 g/mol. The number of hydrogen-bond donors (Lipinski definition) is 4. The summed E-state index contributed by atoms with van der Waals surface area (Å²) in [6, 6.07) is 4.94. The molecule has 132 valence electrons. The van der Waals surface area contributed by atoms with Crippen LogP contribution in [0, 0.1) is 5.92 Å². The van der Waals surface area contributed by atoms with E-state index < -0.39 is 6.04 Å². The molecule has 2 fully saturated rings. The molecule has 0 radical (unpaired) electrons. The Morgan fingerprint density at radius 2 is 1.88 bits per heavy atom. The van der Waals surface area contributed by atoms with Crippen LogP contribution in [0.1, 0.15) is 30.9 Å². The van der Waals surface area contributed by atoms with Crippen LogP contribution >= 0.6 is 23.2 Å². The van der Waals surface area contributed by atoms with Crippen molar-refractivity contribution in [1.29, 1.82) is 0 Å². The van der Waals surface area contributed by atoms with Crippen molar-refractivity contribution >= 4 is 29.1 Å². The smallest absolute Gasteiger partial charge is 0.238 e. The molecule has 0 spiro atoms. The zero-order chi connectivity index (χ0) is 17.1. The first-order chi connectivity index (χ1) is 11.5. The van der Waals surface area contributed by atoms with Crippen molar-refractivity contribution in [3.63, 3.8) is 0 Å². The van der Waals surface area contributed by atoms with Crippen LogP contribution in [0.2, 0.25) is 10.0 Å². The third-order valence-electron chi connectivity index (χ3n) is 4.58. The van der Waals surface area contributed by atoms with Crippen molar-refractivity contribution in [3.05, 3.63) is 33.8 Å². The van der Waals surface area contributed by atoms with Gasteiger partial charge in [-0.15, -0.1) is 0 Å². The summed E-state index contributed by atoms with van der Waals surface area (Å²) in [6.07, 6.45) is 2.15. The number of carbonyl (C=O) groups excluding carboxylic acids is 1. The Balaban J connectivity index is 1.54. The normalized spacial score (nSPS) is 26.3. The van der Waals surface area contributed by atoms with Crippen molar-refractivity contribution in [3.8, 4) is 0 Å². The molecule has 1 aromatic carbocycles. The Kier molecular flexibility index (Phi) is 5.97. The molecule has 8 heteroatoms. The summed E-state index contributed by atoms with van der Waals surface area (Å²) < 4.78 is 5.31. The third kappa shape index (κ3) is 4.39. The fourth-order valence-corrected chi connectivity index (χ4v) is 3.75. The minimum atomic E-state index is -0.504. The molecule has 0 aromatic heterocycles. The molecule has 5 N–H and O–H groups in total. The Morgan fingerprint density at radius 1 is 1.21 bits per heavy atom. The largest absolute Gasteiger partial charge is 0.381 e. The first kappa shape index (κ1) is 17.9. The summed E-state index contributed by atoms with van der Waals surface area (Å²) in [5.41, 5.74) is 13.3. The number of nitrogens with two attached hydrogens (primary N) is 1. The molecule has 1 amide bonds. The maximum absolute atomic E-state index is 12.4. The van der Waals surface area contributed by atoms with Crippen LogP contribution in [-0.4, -0.2) is 31.3 Å². The van der Waals surface area contributed by atoms with Crippen LogP contribution in [0.15, 0.2) is 18.2 Å². The lowest BCUT2D eigenvalue weighted by molar-refractivity contribution is -0.125. The Labute approximate surface area is 151 Å². The number of rotatable bonds is 4. The van der Waals surface area contributed by atoms with Crippen LogP contribution < -0.4 is 21.9 Å². The molecule has 0 aliphatic carbocycles. The highest BCUT2D eigenvalue weighted by Crippen LogP contribution is 2.27. The fourth-order valence-electron chi connectivity index (χ4n) is 3.20. The average Bonchev–Trinajstić information content (AvgIpc) is 3.02. The summed E-state index contributed by atoms with van der Waals surface area (Å²) in [4.78, 5) is 12.4. The minimum absolute atomic E-state index is 0.0193. The van der Waals surface area contributed by atoms with E-state index in [1.165, 1.54) is 0 Å². The van der Waals surface area contributed by atoms with E-state index in [-0.39, 0.29) is 24.0 Å². The molecule has 2 aliphatic heterocycles. The van der Waals surface area contributed by atoms with E-state index in [0.717, 1.165) is 18.4 Å². The quantitative estimate of drug-likeness (QED) is 0.646. The molecule has 2 aliphatic rings. The van der Waals surface area contributed by atoms with E-state index in [1.807, 2.05) is 12.1 Å². The second-order valence-corrected chi connectivity index (χ2v) is 7.19. The molecule has 24 heavy (non-hydrogen) atoms. The number of amides is 1. The van der Waals surface area contributed by atoms with Gasteiger partial charge in [-0.05, 0) is 42.5 Å². The summed E-state index contributed by atoms with van der Waals surface area (Å²) in [5.74, 6) is 0.0432. The predicted octanol–water partition coefficient (Wildman–Crippen LogP) is 1.73. The van der Waals surface area contributed by atoms with E-state index in [1.54, 1.807) is 6.07 Å². The van der Waals surface area contributed by atoms with E-state index in [2.05, 4.69) is 16.2 Å². The molecule has 3 atom stereocenters. The van der Waals surface area contributed by atoms with Crippen molar-refractivity contribution in [2.75, 3.05) is 13.2 Å². The van der Waals surface area contributed by atoms with Crippen molar-refractivity contribution in [1.82, 2.24) is 16.2 Å². The van der Waals surface area contributed by atoms with Gasteiger partial charge in [-0.3, -0.25) is 4.79 Å². The summed E-state index contributed by atoms with van der Waals surface area (Å²) in [6.45, 7) is 1.35.